The maximum atomic E-state index is 14.0. The van der Waals surface area contributed by atoms with Crippen LogP contribution in [0.4, 0.5) is 39.1 Å². The van der Waals surface area contributed by atoms with E-state index >= 15 is 0 Å². The summed E-state index contributed by atoms with van der Waals surface area (Å²) in [6.45, 7) is 3.03. The third kappa shape index (κ3) is 7.26. The van der Waals surface area contributed by atoms with E-state index < -0.39 is 23.8 Å². The number of piperidine rings is 1. The van der Waals surface area contributed by atoms with Gasteiger partial charge >= 0.3 is 18.2 Å². The lowest BCUT2D eigenvalue weighted by Crippen LogP contribution is -2.58. The average Bonchev–Trinajstić information content (AvgIpc) is 3.54. The number of halogens is 4. The van der Waals surface area contributed by atoms with Gasteiger partial charge in [0.2, 0.25) is 5.91 Å². The number of anilines is 3. The molecule has 2 saturated heterocycles. The minimum atomic E-state index is -4.69. The Morgan fingerprint density at radius 1 is 1.06 bits per heavy atom. The number of piperazine rings is 1. The van der Waals surface area contributed by atoms with Crippen LogP contribution in [0.1, 0.15) is 29.5 Å². The number of carbonyl (C=O) groups is 3. The molecule has 5 amide bonds. The van der Waals surface area contributed by atoms with Gasteiger partial charge in [-0.3, -0.25) is 15.1 Å². The van der Waals surface area contributed by atoms with Gasteiger partial charge in [-0.1, -0.05) is 11.6 Å². The summed E-state index contributed by atoms with van der Waals surface area (Å²) in [5, 5.41) is 10.9. The molecule has 0 saturated carbocycles. The number of benzene rings is 1. The Hall–Kier alpha value is -4.24. The zero-order valence-corrected chi connectivity index (χ0v) is 27.8. The molecule has 0 spiro atoms. The largest absolute Gasteiger partial charge is 0.418 e. The third-order valence-corrected chi connectivity index (χ3v) is 10.3. The number of hydrogen-bond donors (Lipinski definition) is 3. The molecule has 0 unspecified atom stereocenters. The van der Waals surface area contributed by atoms with Gasteiger partial charge in [-0.25, -0.2) is 9.59 Å². The number of alkyl halides is 3. The van der Waals surface area contributed by atoms with Crippen molar-refractivity contribution in [3.63, 3.8) is 0 Å². The van der Waals surface area contributed by atoms with Crippen LogP contribution in [0, 0.1) is 0 Å². The van der Waals surface area contributed by atoms with E-state index in [0.717, 1.165) is 22.3 Å². The number of pyridine rings is 1. The molecule has 1 atom stereocenters. The Bertz CT molecular complexity index is 1640. The van der Waals surface area contributed by atoms with Crippen LogP contribution in [0.25, 0.3) is 0 Å². The molecule has 16 heteroatoms. The van der Waals surface area contributed by atoms with Gasteiger partial charge in [0, 0.05) is 82.4 Å². The van der Waals surface area contributed by atoms with E-state index in [9.17, 15) is 27.6 Å². The summed E-state index contributed by atoms with van der Waals surface area (Å²) in [4.78, 5) is 51.5. The predicted octanol–water partition coefficient (Wildman–Crippen LogP) is 5.34. The zero-order chi connectivity index (χ0) is 34.0. The first kappa shape index (κ1) is 33.7. The second-order valence-electron chi connectivity index (χ2n) is 12.0. The molecule has 0 aliphatic carbocycles. The maximum Gasteiger partial charge on any atom is 0.418 e. The molecule has 1 aromatic carbocycles. The van der Waals surface area contributed by atoms with Crippen LogP contribution in [0.5, 0.6) is 0 Å². The highest BCUT2D eigenvalue weighted by Gasteiger charge is 2.37. The van der Waals surface area contributed by atoms with Crippen molar-refractivity contribution in [3.05, 3.63) is 69.8 Å². The predicted molar refractivity (Wildman–Crippen MR) is 179 cm³/mol. The van der Waals surface area contributed by atoms with E-state index in [1.807, 2.05) is 23.6 Å². The molecule has 256 valence electrons. The molecular formula is C32H36ClF3N8O3S. The number of amides is 5. The molecule has 0 radical (unpaired) electrons. The highest BCUT2D eigenvalue weighted by atomic mass is 35.5. The highest BCUT2D eigenvalue weighted by Crippen LogP contribution is 2.40. The number of rotatable bonds is 7. The minimum Gasteiger partial charge on any atom is -0.386 e. The van der Waals surface area contributed by atoms with Crippen molar-refractivity contribution in [3.8, 4) is 0 Å². The Labute approximate surface area is 285 Å². The van der Waals surface area contributed by atoms with Gasteiger partial charge in [0.05, 0.1) is 22.8 Å². The smallest absolute Gasteiger partial charge is 0.386 e. The van der Waals surface area contributed by atoms with Gasteiger partial charge in [0.1, 0.15) is 11.0 Å². The molecule has 3 aromatic rings. The lowest BCUT2D eigenvalue weighted by atomic mass is 10.00. The number of nitrogens with zero attached hydrogens (tertiary/aromatic N) is 5. The van der Waals surface area contributed by atoms with Crippen LogP contribution in [0.15, 0.2) is 48.1 Å². The summed E-state index contributed by atoms with van der Waals surface area (Å²) in [7, 11) is 1.36. The van der Waals surface area contributed by atoms with E-state index in [4.69, 9.17) is 11.6 Å². The molecule has 5 heterocycles. The average molecular weight is 705 g/mol. The van der Waals surface area contributed by atoms with E-state index in [0.29, 0.717) is 58.7 Å². The number of nitrogens with one attached hydrogen (secondary N) is 3. The Balaban J connectivity index is 1.16. The molecular weight excluding hydrogens is 669 g/mol. The lowest BCUT2D eigenvalue weighted by Gasteiger charge is -2.40. The molecule has 3 N–H and O–H groups in total. The second-order valence-corrected chi connectivity index (χ2v) is 13.3. The topological polar surface area (TPSA) is 113 Å². The van der Waals surface area contributed by atoms with Crippen LogP contribution in [-0.2, 0) is 23.9 Å². The normalized spacial score (nSPS) is 17.9. The number of urea groups is 2. The molecule has 11 nitrogen and oxygen atoms in total. The molecule has 2 aromatic heterocycles. The van der Waals surface area contributed by atoms with Crippen molar-refractivity contribution in [1.82, 2.24) is 25.0 Å². The fraction of sp³-hybridized carbons (Fsp3) is 0.438. The van der Waals surface area contributed by atoms with Gasteiger partial charge in [0.15, 0.2) is 0 Å². The van der Waals surface area contributed by atoms with Gasteiger partial charge in [-0.2, -0.15) is 13.2 Å². The summed E-state index contributed by atoms with van der Waals surface area (Å²) in [5.41, 5.74) is 0.992. The van der Waals surface area contributed by atoms with Crippen molar-refractivity contribution in [2.75, 3.05) is 61.8 Å². The molecule has 0 bridgehead atoms. The van der Waals surface area contributed by atoms with Gasteiger partial charge in [-0.15, -0.1) is 11.3 Å². The first-order valence-electron chi connectivity index (χ1n) is 15.7. The van der Waals surface area contributed by atoms with Crippen LogP contribution < -0.4 is 20.9 Å². The summed E-state index contributed by atoms with van der Waals surface area (Å²) in [6, 6.07) is 6.28. The maximum absolute atomic E-state index is 14.0. The third-order valence-electron chi connectivity index (χ3n) is 9.12. The quantitative estimate of drug-likeness (QED) is 0.306. The molecule has 48 heavy (non-hydrogen) atoms. The number of likely N-dealkylation sites (tertiary alicyclic amines) is 1. The van der Waals surface area contributed by atoms with Crippen molar-refractivity contribution in [2.24, 2.45) is 0 Å². The fourth-order valence-electron chi connectivity index (χ4n) is 6.56. The van der Waals surface area contributed by atoms with Gasteiger partial charge in [-0.05, 0) is 54.1 Å². The molecule has 3 aliphatic rings. The van der Waals surface area contributed by atoms with Crippen LogP contribution in [0.2, 0.25) is 5.02 Å². The zero-order valence-electron chi connectivity index (χ0n) is 26.2. The highest BCUT2D eigenvalue weighted by molar-refractivity contribution is 7.14. The van der Waals surface area contributed by atoms with E-state index in [-0.39, 0.29) is 40.7 Å². The van der Waals surface area contributed by atoms with Crippen LogP contribution in [-0.4, -0.2) is 96.1 Å². The Kier molecular flexibility index (Phi) is 9.88. The van der Waals surface area contributed by atoms with E-state index in [1.165, 1.54) is 24.5 Å². The summed E-state index contributed by atoms with van der Waals surface area (Å²) >= 11 is 7.75. The Morgan fingerprint density at radius 3 is 2.44 bits per heavy atom. The number of carbonyl (C=O) groups excluding carboxylic acids is 3. The monoisotopic (exact) mass is 704 g/mol. The van der Waals surface area contributed by atoms with E-state index in [2.05, 4.69) is 25.8 Å². The summed E-state index contributed by atoms with van der Waals surface area (Å²) < 4.78 is 41.9. The molecule has 6 rings (SSSR count). The van der Waals surface area contributed by atoms with Crippen molar-refractivity contribution >= 4 is 57.3 Å². The minimum absolute atomic E-state index is 0.0650. The van der Waals surface area contributed by atoms with Gasteiger partial charge in [0.25, 0.3) is 0 Å². The number of hydrogen-bond acceptors (Lipinski definition) is 7. The van der Waals surface area contributed by atoms with Crippen molar-refractivity contribution in [1.29, 1.82) is 0 Å². The van der Waals surface area contributed by atoms with Crippen molar-refractivity contribution < 1.29 is 27.6 Å². The number of fused-ring (bicyclic) bond motifs is 1. The van der Waals surface area contributed by atoms with Crippen molar-refractivity contribution in [2.45, 2.75) is 44.1 Å². The Morgan fingerprint density at radius 2 is 1.77 bits per heavy atom. The van der Waals surface area contributed by atoms with Gasteiger partial charge < -0.3 is 30.2 Å². The summed E-state index contributed by atoms with van der Waals surface area (Å²) in [5.74, 6) is -0.383. The van der Waals surface area contributed by atoms with Crippen LogP contribution >= 0.6 is 22.9 Å². The SMILES string of the molecule is CNc1c(Cl)cc(C[C@@H](NC(=O)N2CCC(N3Cc4ccsc4NC3=O)CC2)C(=O)N2CCN(c3ccncc3)CC2)cc1C(F)(F)F. The number of thiophene rings is 1. The summed E-state index contributed by atoms with van der Waals surface area (Å²) in [6.07, 6.45) is -0.388. The number of aromatic nitrogens is 1. The first-order chi connectivity index (χ1) is 23.0. The lowest BCUT2D eigenvalue weighted by molar-refractivity contribution is -0.137. The fourth-order valence-corrected chi connectivity index (χ4v) is 7.70. The first-order valence-corrected chi connectivity index (χ1v) is 17.0. The van der Waals surface area contributed by atoms with Crippen LogP contribution in [0.3, 0.4) is 0 Å². The molecule has 2 fully saturated rings. The second kappa shape index (κ2) is 14.1. The standard InChI is InChI=1S/C32H36ClF3N8O3S/c1-37-27-24(32(34,35)36)16-20(17-25(27)33)18-26(29(45)42-13-11-41(12-14-42)22-2-7-38-8-3-22)39-30(46)43-9-4-23(5-10-43)44-19-21-6-15-48-28(21)40-31(44)47/h2-3,6-8,15-17,23,26,37H,4-5,9-14,18-19H2,1H3,(H,39,46)(H,40,47)/t26-/m1/s1. The van der Waals surface area contributed by atoms with E-state index in [1.54, 1.807) is 27.1 Å². The molecule has 3 aliphatic heterocycles.